The number of hydrogen-bond donors (Lipinski definition) is 3. The Kier molecular flexibility index (Phi) is 7.09. The molecule has 214 valence electrons. The average molecular weight is 566 g/mol. The lowest BCUT2D eigenvalue weighted by atomic mass is 9.89. The number of aromatic nitrogens is 5. The van der Waals surface area contributed by atoms with E-state index in [1.165, 1.54) is 15.3 Å². The number of pyridine rings is 2. The molecule has 1 saturated carbocycles. The highest BCUT2D eigenvalue weighted by molar-refractivity contribution is 6.00. The summed E-state index contributed by atoms with van der Waals surface area (Å²) in [7, 11) is 3.34. The van der Waals surface area contributed by atoms with Gasteiger partial charge >= 0.3 is 0 Å². The minimum atomic E-state index is -2.46. The number of methoxy groups -OCH3 is 1. The Hall–Kier alpha value is -4.43. The van der Waals surface area contributed by atoms with Crippen LogP contribution in [0.25, 0.3) is 11.5 Å². The Balaban J connectivity index is 1.24. The fourth-order valence-corrected chi connectivity index (χ4v) is 5.10. The molecule has 1 amide bonds. The summed E-state index contributed by atoms with van der Waals surface area (Å²) in [6.07, 6.45) is 6.39. The molecule has 2 aliphatic rings. The number of alkyl halides is 2. The van der Waals surface area contributed by atoms with Gasteiger partial charge in [0.05, 0.1) is 18.3 Å². The summed E-state index contributed by atoms with van der Waals surface area (Å²) >= 11 is 0. The molecule has 0 spiro atoms. The van der Waals surface area contributed by atoms with E-state index in [2.05, 4.69) is 31.0 Å². The second-order valence-corrected chi connectivity index (χ2v) is 10.1. The molecule has 2 fully saturated rings. The zero-order valence-electron chi connectivity index (χ0n) is 22.4. The molecule has 4 aromatic rings. The van der Waals surface area contributed by atoms with Crippen LogP contribution in [0.5, 0.6) is 0 Å². The maximum absolute atomic E-state index is 13.4. The van der Waals surface area contributed by atoms with Crippen LogP contribution < -0.4 is 21.5 Å². The van der Waals surface area contributed by atoms with Crippen LogP contribution in [0.3, 0.4) is 0 Å². The molecular weight excluding hydrogens is 536 g/mol. The van der Waals surface area contributed by atoms with Crippen LogP contribution >= 0.6 is 0 Å². The molecule has 1 aliphatic heterocycles. The number of nitrogens with zero attached hydrogens (tertiary/aromatic N) is 6. The SMILES string of the molecule is CNc1cc(Nc2cccn(-c3ccc(C4CN(C(F)F)C4)cn3)c2=O)nc2c(C(=O)N[C@@H]3CC[C@H]3OC)cnn12. The second-order valence-electron chi connectivity index (χ2n) is 10.1. The molecule has 6 rings (SSSR count). The van der Waals surface area contributed by atoms with Crippen LogP contribution in [0, 0.1) is 0 Å². The van der Waals surface area contributed by atoms with Gasteiger partial charge in [-0.05, 0) is 36.6 Å². The molecule has 14 heteroatoms. The Bertz CT molecular complexity index is 1630. The molecule has 0 bridgehead atoms. The van der Waals surface area contributed by atoms with Crippen molar-refractivity contribution < 1.29 is 18.3 Å². The molecule has 3 N–H and O–H groups in total. The Morgan fingerprint density at radius 2 is 2.00 bits per heavy atom. The van der Waals surface area contributed by atoms with Crippen molar-refractivity contribution in [2.24, 2.45) is 0 Å². The number of halogens is 2. The van der Waals surface area contributed by atoms with Gasteiger partial charge in [-0.15, -0.1) is 0 Å². The van der Waals surface area contributed by atoms with Gasteiger partial charge in [0.25, 0.3) is 18.0 Å². The fourth-order valence-electron chi connectivity index (χ4n) is 5.10. The number of ether oxygens (including phenoxy) is 1. The summed E-state index contributed by atoms with van der Waals surface area (Å²) in [6, 6.07) is 8.44. The Morgan fingerprint density at radius 1 is 1.17 bits per heavy atom. The fraction of sp³-hybridized carbons (Fsp3) is 0.370. The van der Waals surface area contributed by atoms with Gasteiger partial charge in [0, 0.05) is 51.6 Å². The standard InChI is InChI=1S/C27H29F2N9O3/c1-30-23-10-21(35-24-17(12-32-38(23)24)25(39)34-18-6-7-20(18)41-2)33-19-4-3-9-37(26(19)40)22-8-5-15(11-31-22)16-13-36(14-16)27(28)29/h3-5,8-12,16,18,20,27,30H,6-7,13-14H2,1-2H3,(H,33,35)(H,34,39)/t18-,20-/m1/s1. The number of hydrogen-bond acceptors (Lipinski definition) is 9. The van der Waals surface area contributed by atoms with Crippen molar-refractivity contribution in [2.45, 2.75) is 37.5 Å². The summed E-state index contributed by atoms with van der Waals surface area (Å²) in [4.78, 5) is 36.5. The van der Waals surface area contributed by atoms with Gasteiger partial charge < -0.3 is 20.7 Å². The first-order chi connectivity index (χ1) is 19.9. The largest absolute Gasteiger partial charge is 0.379 e. The number of anilines is 3. The molecule has 0 unspecified atom stereocenters. The highest BCUT2D eigenvalue weighted by Gasteiger charge is 2.34. The molecule has 1 aliphatic carbocycles. The number of nitrogens with one attached hydrogen (secondary N) is 3. The van der Waals surface area contributed by atoms with E-state index in [0.29, 0.717) is 28.7 Å². The van der Waals surface area contributed by atoms with Crippen molar-refractivity contribution in [1.82, 2.24) is 34.4 Å². The third-order valence-corrected chi connectivity index (χ3v) is 7.69. The minimum Gasteiger partial charge on any atom is -0.379 e. The number of amides is 1. The van der Waals surface area contributed by atoms with Crippen LogP contribution in [-0.2, 0) is 4.74 Å². The van der Waals surface area contributed by atoms with E-state index in [1.54, 1.807) is 50.8 Å². The first-order valence-corrected chi connectivity index (χ1v) is 13.2. The van der Waals surface area contributed by atoms with Crippen LogP contribution in [0.2, 0.25) is 0 Å². The summed E-state index contributed by atoms with van der Waals surface area (Å²) in [6.45, 7) is -1.90. The maximum Gasteiger partial charge on any atom is 0.294 e. The number of carbonyl (C=O) groups excluding carboxylic acids is 1. The van der Waals surface area contributed by atoms with E-state index >= 15 is 0 Å². The molecule has 0 aromatic carbocycles. The third kappa shape index (κ3) is 5.00. The molecule has 1 saturated heterocycles. The average Bonchev–Trinajstić information content (AvgIpc) is 3.35. The molecule has 5 heterocycles. The number of rotatable bonds is 9. The quantitative estimate of drug-likeness (QED) is 0.262. The molecular formula is C27H29F2N9O3. The lowest BCUT2D eigenvalue weighted by Crippen LogP contribution is -2.51. The van der Waals surface area contributed by atoms with Gasteiger partial charge in [-0.25, -0.2) is 14.9 Å². The van der Waals surface area contributed by atoms with Gasteiger partial charge in [-0.2, -0.15) is 18.4 Å². The van der Waals surface area contributed by atoms with Crippen molar-refractivity contribution >= 4 is 28.9 Å². The normalized spacial score (nSPS) is 19.1. The maximum atomic E-state index is 13.4. The van der Waals surface area contributed by atoms with E-state index in [4.69, 9.17) is 4.74 Å². The Morgan fingerprint density at radius 3 is 2.66 bits per heavy atom. The van der Waals surface area contributed by atoms with Crippen molar-refractivity contribution in [2.75, 3.05) is 37.9 Å². The van der Waals surface area contributed by atoms with E-state index < -0.39 is 6.55 Å². The molecule has 41 heavy (non-hydrogen) atoms. The molecule has 2 atom stereocenters. The van der Waals surface area contributed by atoms with Gasteiger partial charge in [0.2, 0.25) is 0 Å². The van der Waals surface area contributed by atoms with E-state index in [9.17, 15) is 18.4 Å². The van der Waals surface area contributed by atoms with E-state index in [0.717, 1.165) is 23.3 Å². The lowest BCUT2D eigenvalue weighted by molar-refractivity contribution is -0.0726. The van der Waals surface area contributed by atoms with Gasteiger partial charge in [-0.1, -0.05) is 6.07 Å². The predicted octanol–water partition coefficient (Wildman–Crippen LogP) is 2.59. The second kappa shape index (κ2) is 10.9. The Labute approximate surface area is 233 Å². The highest BCUT2D eigenvalue weighted by Crippen LogP contribution is 2.29. The highest BCUT2D eigenvalue weighted by atomic mass is 19.3. The monoisotopic (exact) mass is 565 g/mol. The molecule has 12 nitrogen and oxygen atoms in total. The number of likely N-dealkylation sites (tertiary alicyclic amines) is 1. The smallest absolute Gasteiger partial charge is 0.294 e. The number of carbonyl (C=O) groups is 1. The summed E-state index contributed by atoms with van der Waals surface area (Å²) in [5.74, 6) is 0.973. The summed E-state index contributed by atoms with van der Waals surface area (Å²) in [5, 5.41) is 13.4. The van der Waals surface area contributed by atoms with Crippen LogP contribution in [0.15, 0.2) is 53.7 Å². The van der Waals surface area contributed by atoms with E-state index in [-0.39, 0.29) is 48.3 Å². The van der Waals surface area contributed by atoms with Gasteiger partial charge in [0.15, 0.2) is 5.65 Å². The van der Waals surface area contributed by atoms with Crippen molar-refractivity contribution in [1.29, 1.82) is 0 Å². The van der Waals surface area contributed by atoms with Crippen molar-refractivity contribution in [3.63, 3.8) is 0 Å². The first-order valence-electron chi connectivity index (χ1n) is 13.2. The topological polar surface area (TPSA) is 131 Å². The zero-order valence-corrected chi connectivity index (χ0v) is 22.4. The minimum absolute atomic E-state index is 0.0109. The van der Waals surface area contributed by atoms with Gasteiger partial charge in [-0.3, -0.25) is 14.2 Å². The van der Waals surface area contributed by atoms with Crippen LogP contribution in [0.4, 0.5) is 26.1 Å². The van der Waals surface area contributed by atoms with Crippen molar-refractivity contribution in [3.05, 3.63) is 70.4 Å². The molecule has 4 aromatic heterocycles. The van der Waals surface area contributed by atoms with E-state index in [1.807, 2.05) is 6.07 Å². The van der Waals surface area contributed by atoms with Crippen molar-refractivity contribution in [3.8, 4) is 5.82 Å². The lowest BCUT2D eigenvalue weighted by Gasteiger charge is -2.38. The van der Waals surface area contributed by atoms with Crippen LogP contribution in [-0.4, -0.2) is 80.9 Å². The molecule has 0 radical (unpaired) electrons. The van der Waals surface area contributed by atoms with Crippen LogP contribution in [0.1, 0.15) is 34.7 Å². The third-order valence-electron chi connectivity index (χ3n) is 7.69. The van der Waals surface area contributed by atoms with Gasteiger partial charge in [0.1, 0.15) is 28.7 Å². The zero-order chi connectivity index (χ0) is 28.7. The summed E-state index contributed by atoms with van der Waals surface area (Å²) < 4.78 is 33.8. The predicted molar refractivity (Wildman–Crippen MR) is 147 cm³/mol. The first kappa shape index (κ1) is 26.8. The number of fused-ring (bicyclic) bond motifs is 1. The summed E-state index contributed by atoms with van der Waals surface area (Å²) in [5.41, 5.74) is 1.34.